The van der Waals surface area contributed by atoms with Gasteiger partial charge in [0.05, 0.1) is 25.6 Å². The Morgan fingerprint density at radius 2 is 1.79 bits per heavy atom. The number of Topliss-reactive ketones (excluding diaryl/α,β-unsaturated/α-hetero) is 1. The predicted octanol–water partition coefficient (Wildman–Crippen LogP) is 4.89. The van der Waals surface area contributed by atoms with E-state index < -0.39 is 44.7 Å². The van der Waals surface area contributed by atoms with Gasteiger partial charge >= 0.3 is 6.18 Å². The van der Waals surface area contributed by atoms with Crippen LogP contribution in [-0.2, 0) is 11.0 Å². The van der Waals surface area contributed by atoms with Crippen LogP contribution in [0.25, 0.3) is 17.3 Å². The molecule has 0 unspecified atom stereocenters. The Balaban J connectivity index is 2.02. The number of hydrogen-bond donors (Lipinski definition) is 0. The zero-order valence-electron chi connectivity index (χ0n) is 22.2. The lowest BCUT2D eigenvalue weighted by Gasteiger charge is -2.16. The van der Waals surface area contributed by atoms with Crippen LogP contribution in [0.1, 0.15) is 31.9 Å². The lowest BCUT2D eigenvalue weighted by molar-refractivity contribution is -0.387. The summed E-state index contributed by atoms with van der Waals surface area (Å²) in [6.07, 6.45) is -0.621. The van der Waals surface area contributed by atoms with Crippen LogP contribution in [0.4, 0.5) is 18.9 Å². The second kappa shape index (κ2) is 11.7. The van der Waals surface area contributed by atoms with Crippen LogP contribution in [0, 0.1) is 26.9 Å². The van der Waals surface area contributed by atoms with Crippen molar-refractivity contribution in [2.75, 3.05) is 0 Å². The first-order chi connectivity index (χ1) is 19.7. The lowest BCUT2D eigenvalue weighted by atomic mass is 9.87. The second-order valence-electron chi connectivity index (χ2n) is 9.75. The molecule has 0 radical (unpaired) electrons. The number of para-hydroxylation sites is 1. The summed E-state index contributed by atoms with van der Waals surface area (Å²) in [7, 11) is 0. The van der Waals surface area contributed by atoms with Gasteiger partial charge in [0.25, 0.3) is 11.2 Å². The normalized spacial score (nSPS) is 13.0. The summed E-state index contributed by atoms with van der Waals surface area (Å²) < 4.78 is 42.2. The second-order valence-corrected chi connectivity index (χ2v) is 11.8. The molecule has 0 atom stereocenters. The number of nitro benzene ring substituents is 1. The standard InChI is InChI=1S/C28H20F3N5O4S2/c1-27(2,3)23(37)17(15-32)25-35(19-8-5-4-7-18(19)28(29,30)31)24(38)22(41-25)14-16-9-10-21(20(13-16)36(39)40)42-26-33-11-6-12-34-26/h4-14H,1-3H3/b22-14+,25-17-. The molecular weight excluding hydrogens is 591 g/mol. The van der Waals surface area contributed by atoms with E-state index in [0.29, 0.717) is 15.9 Å². The van der Waals surface area contributed by atoms with Crippen molar-refractivity contribution < 1.29 is 22.9 Å². The van der Waals surface area contributed by atoms with Gasteiger partial charge in [0.2, 0.25) is 0 Å². The third-order valence-corrected chi connectivity index (χ3v) is 7.78. The zero-order valence-corrected chi connectivity index (χ0v) is 23.8. The van der Waals surface area contributed by atoms with Gasteiger partial charge in [-0.1, -0.05) is 39.0 Å². The van der Waals surface area contributed by atoms with Crippen molar-refractivity contribution in [2.24, 2.45) is 5.41 Å². The summed E-state index contributed by atoms with van der Waals surface area (Å²) in [5, 5.41) is 22.0. The Morgan fingerprint density at radius 3 is 2.38 bits per heavy atom. The highest BCUT2D eigenvalue weighted by Gasteiger charge is 2.35. The molecule has 0 aliphatic rings. The molecule has 42 heavy (non-hydrogen) atoms. The number of hydrogen-bond acceptors (Lipinski definition) is 9. The van der Waals surface area contributed by atoms with E-state index in [0.717, 1.165) is 30.0 Å². The van der Waals surface area contributed by atoms with Gasteiger partial charge in [-0.2, -0.15) is 18.4 Å². The minimum atomic E-state index is -4.85. The molecule has 214 valence electrons. The number of ketones is 1. The van der Waals surface area contributed by atoms with Crippen molar-refractivity contribution in [3.05, 3.63) is 102 Å². The summed E-state index contributed by atoms with van der Waals surface area (Å²) in [4.78, 5) is 46.4. The fraction of sp³-hybridized carbons (Fsp3) is 0.179. The van der Waals surface area contributed by atoms with Crippen molar-refractivity contribution >= 4 is 46.2 Å². The van der Waals surface area contributed by atoms with Gasteiger partial charge in [0, 0.05) is 23.9 Å². The number of aromatic nitrogens is 3. The van der Waals surface area contributed by atoms with Gasteiger partial charge in [-0.15, -0.1) is 11.3 Å². The van der Waals surface area contributed by atoms with Crippen molar-refractivity contribution in [3.63, 3.8) is 0 Å². The molecule has 0 bridgehead atoms. The highest BCUT2D eigenvalue weighted by Crippen LogP contribution is 2.34. The van der Waals surface area contributed by atoms with Crippen LogP contribution in [0.3, 0.4) is 0 Å². The largest absolute Gasteiger partial charge is 0.418 e. The average Bonchev–Trinajstić information content (AvgIpc) is 3.24. The van der Waals surface area contributed by atoms with Gasteiger partial charge in [-0.3, -0.25) is 24.3 Å². The highest BCUT2D eigenvalue weighted by atomic mass is 32.2. The van der Waals surface area contributed by atoms with E-state index in [9.17, 15) is 38.1 Å². The van der Waals surface area contributed by atoms with E-state index >= 15 is 0 Å². The van der Waals surface area contributed by atoms with Crippen molar-refractivity contribution in [1.29, 1.82) is 5.26 Å². The summed E-state index contributed by atoms with van der Waals surface area (Å²) >= 11 is 1.60. The third kappa shape index (κ3) is 6.32. The van der Waals surface area contributed by atoms with E-state index in [1.807, 2.05) is 0 Å². The number of alkyl halides is 3. The van der Waals surface area contributed by atoms with E-state index in [1.165, 1.54) is 42.7 Å². The first-order valence-corrected chi connectivity index (χ1v) is 13.7. The van der Waals surface area contributed by atoms with Crippen molar-refractivity contribution in [1.82, 2.24) is 14.5 Å². The topological polar surface area (TPSA) is 132 Å². The Kier molecular flexibility index (Phi) is 8.46. The number of benzene rings is 2. The molecule has 2 aromatic heterocycles. The number of carbonyl (C=O) groups excluding carboxylic acids is 1. The number of carbonyl (C=O) groups is 1. The van der Waals surface area contributed by atoms with E-state index in [-0.39, 0.29) is 30.5 Å². The maximum atomic E-state index is 14.0. The summed E-state index contributed by atoms with van der Waals surface area (Å²) in [6.45, 7) is 4.62. The molecule has 9 nitrogen and oxygen atoms in total. The molecule has 0 fully saturated rings. The number of halogens is 3. The fourth-order valence-corrected chi connectivity index (χ4v) is 5.68. The average molecular weight is 612 g/mol. The van der Waals surface area contributed by atoms with E-state index in [1.54, 1.807) is 32.9 Å². The molecule has 4 aromatic rings. The molecular formula is C28H20F3N5O4S2. The zero-order chi connectivity index (χ0) is 30.8. The third-order valence-electron chi connectivity index (χ3n) is 5.73. The number of thiazole rings is 1. The van der Waals surface area contributed by atoms with Crippen molar-refractivity contribution in [3.8, 4) is 11.8 Å². The van der Waals surface area contributed by atoms with Gasteiger partial charge < -0.3 is 0 Å². The molecule has 14 heteroatoms. The highest BCUT2D eigenvalue weighted by molar-refractivity contribution is 7.99. The SMILES string of the molecule is CC(C)(C)C(=O)/C(C#N)=c1\s/c(=C/c2ccc(Sc3ncccn3)c([N+](=O)[O-])c2)c(=O)n1-c1ccccc1C(F)(F)F. The Bertz CT molecular complexity index is 1920. The lowest BCUT2D eigenvalue weighted by Crippen LogP contribution is -2.34. The van der Waals surface area contributed by atoms with Crippen molar-refractivity contribution in [2.45, 2.75) is 37.0 Å². The van der Waals surface area contributed by atoms with Gasteiger partial charge in [-0.25, -0.2) is 9.97 Å². The molecule has 0 aliphatic heterocycles. The molecule has 2 heterocycles. The molecule has 0 N–H and O–H groups in total. The Hall–Kier alpha value is -4.61. The van der Waals surface area contributed by atoms with Crippen LogP contribution in [-0.4, -0.2) is 25.2 Å². The van der Waals surface area contributed by atoms with Crippen LogP contribution < -0.4 is 14.8 Å². The van der Waals surface area contributed by atoms with Crippen LogP contribution in [0.2, 0.25) is 0 Å². The first kappa shape index (κ1) is 30.4. The molecule has 4 rings (SSSR count). The molecule has 2 aromatic carbocycles. The number of nitriles is 1. The van der Waals surface area contributed by atoms with Crippen LogP contribution in [0.5, 0.6) is 0 Å². The first-order valence-electron chi connectivity index (χ1n) is 12.0. The Morgan fingerprint density at radius 1 is 1.12 bits per heavy atom. The van der Waals surface area contributed by atoms with E-state index in [4.69, 9.17) is 0 Å². The van der Waals surface area contributed by atoms with Gasteiger partial charge in [0.15, 0.2) is 10.9 Å². The summed E-state index contributed by atoms with van der Waals surface area (Å²) in [6, 6.07) is 11.8. The molecule has 0 amide bonds. The number of nitro groups is 1. The predicted molar refractivity (Wildman–Crippen MR) is 150 cm³/mol. The van der Waals surface area contributed by atoms with Crippen LogP contribution in [0.15, 0.2) is 75.8 Å². The van der Waals surface area contributed by atoms with Crippen LogP contribution >= 0.6 is 23.1 Å². The molecule has 0 aliphatic carbocycles. The number of nitrogens with zero attached hydrogens (tertiary/aromatic N) is 5. The fourth-order valence-electron chi connectivity index (χ4n) is 3.79. The monoisotopic (exact) mass is 611 g/mol. The van der Waals surface area contributed by atoms with Gasteiger partial charge in [-0.05, 0) is 47.7 Å². The molecule has 0 spiro atoms. The quantitative estimate of drug-likeness (QED) is 0.171. The van der Waals surface area contributed by atoms with E-state index in [2.05, 4.69) is 9.97 Å². The minimum Gasteiger partial charge on any atom is -0.293 e. The Labute approximate surface area is 244 Å². The summed E-state index contributed by atoms with van der Waals surface area (Å²) in [5.41, 5.74) is -4.31. The maximum absolute atomic E-state index is 14.0. The van der Waals surface area contributed by atoms with Gasteiger partial charge in [0.1, 0.15) is 16.3 Å². The minimum absolute atomic E-state index is 0.141. The number of rotatable bonds is 6. The molecule has 0 saturated heterocycles. The smallest absolute Gasteiger partial charge is 0.293 e. The molecule has 0 saturated carbocycles. The maximum Gasteiger partial charge on any atom is 0.418 e. The summed E-state index contributed by atoms with van der Waals surface area (Å²) in [5.74, 6) is -0.670.